The maximum Gasteiger partial charge on any atom is 0.191 e. The van der Waals surface area contributed by atoms with Crippen LogP contribution in [0.25, 0.3) is 0 Å². The molecule has 2 N–H and O–H groups in total. The molecule has 4 heteroatoms. The summed E-state index contributed by atoms with van der Waals surface area (Å²) in [5.74, 6) is 0.847. The number of rotatable bonds is 8. The molecule has 0 bridgehead atoms. The minimum atomic E-state index is 0.746. The van der Waals surface area contributed by atoms with Gasteiger partial charge in [-0.05, 0) is 26.1 Å². The fourth-order valence-electron chi connectivity index (χ4n) is 1.44. The quantitative estimate of drug-likeness (QED) is 0.281. The molecule has 0 aromatic carbocycles. The molecule has 0 saturated carbocycles. The number of nitrogens with one attached hydrogen (secondary N) is 2. The van der Waals surface area contributed by atoms with Crippen LogP contribution in [-0.4, -0.2) is 50.6 Å². The topological polar surface area (TPSA) is 39.7 Å². The molecule has 0 saturated heterocycles. The molecule has 4 nitrogen and oxygen atoms in total. The zero-order valence-electron chi connectivity index (χ0n) is 10.9. The summed E-state index contributed by atoms with van der Waals surface area (Å²) < 4.78 is 0. The van der Waals surface area contributed by atoms with Crippen LogP contribution in [0.15, 0.2) is 17.6 Å². The van der Waals surface area contributed by atoms with Crippen LogP contribution in [0.2, 0.25) is 0 Å². The normalized spacial score (nSPS) is 11.6. The summed E-state index contributed by atoms with van der Waals surface area (Å²) in [6.45, 7) is 13.1. The molecule has 0 aliphatic heterocycles. The Morgan fingerprint density at radius 2 is 2.00 bits per heavy atom. The van der Waals surface area contributed by atoms with Crippen molar-refractivity contribution in [2.75, 3.05) is 39.8 Å². The van der Waals surface area contributed by atoms with E-state index < -0.39 is 0 Å². The van der Waals surface area contributed by atoms with E-state index in [1.807, 2.05) is 6.08 Å². The van der Waals surface area contributed by atoms with Crippen LogP contribution < -0.4 is 10.6 Å². The molecule has 0 aliphatic rings. The molecule has 0 aromatic heterocycles. The SMILES string of the molecule is C=CCNC(=NC)NCCCN(CC)CC. The van der Waals surface area contributed by atoms with E-state index in [2.05, 4.69) is 41.0 Å². The van der Waals surface area contributed by atoms with Gasteiger partial charge in [0.2, 0.25) is 0 Å². The summed E-state index contributed by atoms with van der Waals surface area (Å²) >= 11 is 0. The summed E-state index contributed by atoms with van der Waals surface area (Å²) in [5.41, 5.74) is 0. The highest BCUT2D eigenvalue weighted by Gasteiger charge is 1.99. The van der Waals surface area contributed by atoms with Crippen molar-refractivity contribution in [3.63, 3.8) is 0 Å². The molecular formula is C12H26N4. The van der Waals surface area contributed by atoms with E-state index in [0.717, 1.165) is 45.1 Å². The van der Waals surface area contributed by atoms with Crippen LogP contribution >= 0.6 is 0 Å². The third kappa shape index (κ3) is 7.29. The fraction of sp³-hybridized carbons (Fsp3) is 0.750. The lowest BCUT2D eigenvalue weighted by molar-refractivity contribution is 0.300. The van der Waals surface area contributed by atoms with Crippen molar-refractivity contribution >= 4 is 5.96 Å². The van der Waals surface area contributed by atoms with E-state index in [1.54, 1.807) is 7.05 Å². The van der Waals surface area contributed by atoms with E-state index >= 15 is 0 Å². The maximum absolute atomic E-state index is 4.12. The minimum absolute atomic E-state index is 0.746. The van der Waals surface area contributed by atoms with Crippen LogP contribution in [0.5, 0.6) is 0 Å². The zero-order chi connectivity index (χ0) is 12.2. The van der Waals surface area contributed by atoms with Gasteiger partial charge in [-0.2, -0.15) is 0 Å². The first-order chi connectivity index (χ1) is 7.78. The molecule has 0 atom stereocenters. The van der Waals surface area contributed by atoms with Crippen LogP contribution in [-0.2, 0) is 0 Å². The van der Waals surface area contributed by atoms with Crippen molar-refractivity contribution in [3.05, 3.63) is 12.7 Å². The summed E-state index contributed by atoms with van der Waals surface area (Å²) in [4.78, 5) is 6.53. The number of hydrogen-bond donors (Lipinski definition) is 2. The van der Waals surface area contributed by atoms with Gasteiger partial charge in [0.1, 0.15) is 0 Å². The van der Waals surface area contributed by atoms with Gasteiger partial charge in [-0.3, -0.25) is 4.99 Å². The maximum atomic E-state index is 4.12. The first-order valence-electron chi connectivity index (χ1n) is 6.06. The molecule has 0 radical (unpaired) electrons. The first-order valence-corrected chi connectivity index (χ1v) is 6.06. The Morgan fingerprint density at radius 1 is 1.31 bits per heavy atom. The summed E-state index contributed by atoms with van der Waals surface area (Å²) in [6, 6.07) is 0. The summed E-state index contributed by atoms with van der Waals surface area (Å²) in [7, 11) is 1.78. The lowest BCUT2D eigenvalue weighted by atomic mass is 10.3. The molecule has 0 aromatic rings. The molecule has 0 fully saturated rings. The van der Waals surface area contributed by atoms with E-state index in [4.69, 9.17) is 0 Å². The smallest absolute Gasteiger partial charge is 0.191 e. The Kier molecular flexibility index (Phi) is 9.81. The highest BCUT2D eigenvalue weighted by atomic mass is 15.2. The Bertz CT molecular complexity index is 197. The van der Waals surface area contributed by atoms with Gasteiger partial charge in [0.05, 0.1) is 0 Å². The van der Waals surface area contributed by atoms with Crippen molar-refractivity contribution < 1.29 is 0 Å². The van der Waals surface area contributed by atoms with Gasteiger partial charge in [-0.25, -0.2) is 0 Å². The lowest BCUT2D eigenvalue weighted by Gasteiger charge is -2.18. The van der Waals surface area contributed by atoms with Gasteiger partial charge in [0, 0.05) is 20.1 Å². The molecule has 0 unspecified atom stereocenters. The Hall–Kier alpha value is -1.03. The third-order valence-corrected chi connectivity index (χ3v) is 2.48. The lowest BCUT2D eigenvalue weighted by Crippen LogP contribution is -2.38. The van der Waals surface area contributed by atoms with E-state index in [9.17, 15) is 0 Å². The van der Waals surface area contributed by atoms with Gasteiger partial charge in [-0.15, -0.1) is 6.58 Å². The fourth-order valence-corrected chi connectivity index (χ4v) is 1.44. The summed E-state index contributed by atoms with van der Waals surface area (Å²) in [5, 5.41) is 6.41. The van der Waals surface area contributed by atoms with Gasteiger partial charge >= 0.3 is 0 Å². The third-order valence-electron chi connectivity index (χ3n) is 2.48. The standard InChI is InChI=1S/C12H26N4/c1-5-9-14-12(13-4)15-10-8-11-16(6-2)7-3/h5H,1,6-11H2,2-4H3,(H2,13,14,15). The average molecular weight is 226 g/mol. The number of aliphatic imine (C=N–C) groups is 1. The van der Waals surface area contributed by atoms with Gasteiger partial charge in [0.15, 0.2) is 5.96 Å². The number of guanidine groups is 1. The second-order valence-corrected chi connectivity index (χ2v) is 3.55. The predicted molar refractivity (Wildman–Crippen MR) is 72.0 cm³/mol. The van der Waals surface area contributed by atoms with Crippen LogP contribution in [0.3, 0.4) is 0 Å². The second-order valence-electron chi connectivity index (χ2n) is 3.55. The molecule has 94 valence electrons. The minimum Gasteiger partial charge on any atom is -0.356 e. The highest BCUT2D eigenvalue weighted by Crippen LogP contribution is 1.89. The largest absolute Gasteiger partial charge is 0.356 e. The van der Waals surface area contributed by atoms with Crippen LogP contribution in [0.1, 0.15) is 20.3 Å². The second kappa shape index (κ2) is 10.5. The van der Waals surface area contributed by atoms with E-state index in [1.165, 1.54) is 0 Å². The van der Waals surface area contributed by atoms with E-state index in [0.29, 0.717) is 0 Å². The van der Waals surface area contributed by atoms with Crippen molar-refractivity contribution in [1.29, 1.82) is 0 Å². The predicted octanol–water partition coefficient (Wildman–Crippen LogP) is 1.07. The van der Waals surface area contributed by atoms with Gasteiger partial charge in [-0.1, -0.05) is 19.9 Å². The number of nitrogens with zero attached hydrogens (tertiary/aromatic N) is 2. The van der Waals surface area contributed by atoms with Crippen LogP contribution in [0, 0.1) is 0 Å². The Labute approximate surface area is 99.8 Å². The number of hydrogen-bond acceptors (Lipinski definition) is 2. The molecule has 16 heavy (non-hydrogen) atoms. The zero-order valence-corrected chi connectivity index (χ0v) is 10.9. The van der Waals surface area contributed by atoms with Crippen LogP contribution in [0.4, 0.5) is 0 Å². The first kappa shape index (κ1) is 15.0. The average Bonchev–Trinajstić information content (AvgIpc) is 2.33. The van der Waals surface area contributed by atoms with Gasteiger partial charge < -0.3 is 15.5 Å². The van der Waals surface area contributed by atoms with Gasteiger partial charge in [0.25, 0.3) is 0 Å². The monoisotopic (exact) mass is 226 g/mol. The molecule has 0 heterocycles. The van der Waals surface area contributed by atoms with Crippen molar-refractivity contribution in [1.82, 2.24) is 15.5 Å². The van der Waals surface area contributed by atoms with Crippen molar-refractivity contribution in [2.45, 2.75) is 20.3 Å². The molecule has 0 rings (SSSR count). The highest BCUT2D eigenvalue weighted by molar-refractivity contribution is 5.79. The van der Waals surface area contributed by atoms with E-state index in [-0.39, 0.29) is 0 Å². The summed E-state index contributed by atoms with van der Waals surface area (Å²) in [6.07, 6.45) is 2.96. The van der Waals surface area contributed by atoms with Crippen molar-refractivity contribution in [2.24, 2.45) is 4.99 Å². The van der Waals surface area contributed by atoms with Crippen molar-refractivity contribution in [3.8, 4) is 0 Å². The molecule has 0 amide bonds. The Morgan fingerprint density at radius 3 is 2.50 bits per heavy atom. The molecular weight excluding hydrogens is 200 g/mol. The molecule has 0 aliphatic carbocycles. The molecule has 0 spiro atoms. The Balaban J connectivity index is 3.58.